The van der Waals surface area contributed by atoms with Gasteiger partial charge in [0, 0.05) is 11.8 Å². The summed E-state index contributed by atoms with van der Waals surface area (Å²) in [7, 11) is 1.16. The highest BCUT2D eigenvalue weighted by Gasteiger charge is 2.38. The van der Waals surface area contributed by atoms with Gasteiger partial charge >= 0.3 is 12.1 Å². The van der Waals surface area contributed by atoms with E-state index >= 15 is 0 Å². The number of benzene rings is 1. The Hall–Kier alpha value is -1.79. The number of hydrogen-bond donors (Lipinski definition) is 1. The van der Waals surface area contributed by atoms with Gasteiger partial charge in [0.25, 0.3) is 0 Å². The lowest BCUT2D eigenvalue weighted by molar-refractivity contribution is -0.167. The second kappa shape index (κ2) is 4.38. The highest BCUT2D eigenvalue weighted by molar-refractivity contribution is 5.95. The summed E-state index contributed by atoms with van der Waals surface area (Å²) in [6, 6.07) is 2.85. The van der Waals surface area contributed by atoms with E-state index in [2.05, 4.69) is 4.74 Å². The summed E-state index contributed by atoms with van der Waals surface area (Å²) in [6.07, 6.45) is -4.98. The molecule has 0 heterocycles. The Morgan fingerprint density at radius 1 is 1.38 bits per heavy atom. The summed E-state index contributed by atoms with van der Waals surface area (Å²) in [5.41, 5.74) is -0.194. The van der Waals surface area contributed by atoms with Gasteiger partial charge in [0.05, 0.1) is 7.11 Å². The third-order valence-corrected chi connectivity index (χ3v) is 1.67. The lowest BCUT2D eigenvalue weighted by Gasteiger charge is -2.09. The molecule has 0 bridgehead atoms. The van der Waals surface area contributed by atoms with E-state index in [0.29, 0.717) is 0 Å². The van der Waals surface area contributed by atoms with Gasteiger partial charge in [0.1, 0.15) is 0 Å². The third-order valence-electron chi connectivity index (χ3n) is 1.67. The number of rotatable bonds is 2. The van der Waals surface area contributed by atoms with Crippen LogP contribution in [-0.4, -0.2) is 19.2 Å². The first-order valence-electron chi connectivity index (χ1n) is 4.06. The molecular formula is C9H7F4NO2. The van der Waals surface area contributed by atoms with E-state index in [4.69, 9.17) is 0 Å². The number of hydrogen-bond acceptors (Lipinski definition) is 2. The van der Waals surface area contributed by atoms with Crippen LogP contribution < -0.4 is 10.1 Å². The molecule has 0 aliphatic heterocycles. The molecule has 0 aromatic heterocycles. The summed E-state index contributed by atoms with van der Waals surface area (Å²) in [5.74, 6) is -3.10. The largest absolute Gasteiger partial charge is 0.494 e. The van der Waals surface area contributed by atoms with Crippen LogP contribution in [0.5, 0.6) is 5.75 Å². The minimum Gasteiger partial charge on any atom is -0.494 e. The number of nitrogens with one attached hydrogen (secondary N) is 1. The molecule has 1 aromatic carbocycles. The zero-order chi connectivity index (χ0) is 12.3. The van der Waals surface area contributed by atoms with Crippen molar-refractivity contribution < 1.29 is 27.1 Å². The average molecular weight is 237 g/mol. The fourth-order valence-corrected chi connectivity index (χ4v) is 0.940. The molecule has 1 rings (SSSR count). The molecule has 88 valence electrons. The van der Waals surface area contributed by atoms with E-state index in [1.807, 2.05) is 0 Å². The van der Waals surface area contributed by atoms with Crippen LogP contribution in [0.2, 0.25) is 0 Å². The lowest BCUT2D eigenvalue weighted by Crippen LogP contribution is -2.29. The standard InChI is InChI=1S/C9H7F4NO2/c1-16-7-4-5(2-3-6(7)10)14-8(15)9(11,12)13/h2-4H,1H3,(H,14,15). The van der Waals surface area contributed by atoms with E-state index in [9.17, 15) is 22.4 Å². The van der Waals surface area contributed by atoms with Crippen LogP contribution in [0.25, 0.3) is 0 Å². The molecule has 7 heteroatoms. The SMILES string of the molecule is COc1cc(NC(=O)C(F)(F)F)ccc1F. The van der Waals surface area contributed by atoms with Crippen LogP contribution in [0.15, 0.2) is 18.2 Å². The van der Waals surface area contributed by atoms with Crippen LogP contribution in [0.1, 0.15) is 0 Å². The zero-order valence-corrected chi connectivity index (χ0v) is 8.06. The molecular weight excluding hydrogens is 230 g/mol. The predicted molar refractivity (Wildman–Crippen MR) is 47.6 cm³/mol. The number of alkyl halides is 3. The molecule has 1 N–H and O–H groups in total. The van der Waals surface area contributed by atoms with Gasteiger partial charge in [-0.2, -0.15) is 13.2 Å². The van der Waals surface area contributed by atoms with Crippen LogP contribution in [0, 0.1) is 5.82 Å². The van der Waals surface area contributed by atoms with Crippen molar-refractivity contribution in [3.8, 4) is 5.75 Å². The van der Waals surface area contributed by atoms with Gasteiger partial charge in [-0.3, -0.25) is 4.79 Å². The lowest BCUT2D eigenvalue weighted by atomic mass is 10.3. The minimum atomic E-state index is -4.98. The molecule has 0 unspecified atom stereocenters. The Bertz CT molecular complexity index is 403. The van der Waals surface area contributed by atoms with E-state index in [-0.39, 0.29) is 11.4 Å². The number of anilines is 1. The number of carbonyl (C=O) groups excluding carboxylic acids is 1. The van der Waals surface area contributed by atoms with Crippen LogP contribution >= 0.6 is 0 Å². The summed E-state index contributed by atoms with van der Waals surface area (Å²) in [4.78, 5) is 10.5. The maximum Gasteiger partial charge on any atom is 0.471 e. The number of ether oxygens (including phenoxy) is 1. The number of methoxy groups -OCH3 is 1. The average Bonchev–Trinajstić information content (AvgIpc) is 2.19. The normalized spacial score (nSPS) is 11.1. The Labute approximate surface area is 88.0 Å². The van der Waals surface area contributed by atoms with Crippen LogP contribution in [0.3, 0.4) is 0 Å². The smallest absolute Gasteiger partial charge is 0.471 e. The van der Waals surface area contributed by atoms with E-state index < -0.39 is 17.9 Å². The Balaban J connectivity index is 2.87. The maximum absolute atomic E-state index is 12.9. The van der Waals surface area contributed by atoms with E-state index in [1.54, 1.807) is 5.32 Å². The number of amides is 1. The molecule has 16 heavy (non-hydrogen) atoms. The quantitative estimate of drug-likeness (QED) is 0.801. The first-order chi connectivity index (χ1) is 7.34. The zero-order valence-electron chi connectivity index (χ0n) is 8.06. The van der Waals surface area contributed by atoms with Crippen molar-refractivity contribution >= 4 is 11.6 Å². The molecule has 0 aliphatic carbocycles. The fraction of sp³-hybridized carbons (Fsp3) is 0.222. The first-order valence-corrected chi connectivity index (χ1v) is 4.06. The van der Waals surface area contributed by atoms with Crippen molar-refractivity contribution in [3.05, 3.63) is 24.0 Å². The topological polar surface area (TPSA) is 38.3 Å². The molecule has 0 aliphatic rings. The van der Waals surface area contributed by atoms with Gasteiger partial charge < -0.3 is 10.1 Å². The van der Waals surface area contributed by atoms with Crippen molar-refractivity contribution in [2.75, 3.05) is 12.4 Å². The molecule has 0 saturated carbocycles. The monoisotopic (exact) mass is 237 g/mol. The maximum atomic E-state index is 12.9. The Morgan fingerprint density at radius 2 is 2.00 bits per heavy atom. The molecule has 1 aromatic rings. The van der Waals surface area contributed by atoms with Gasteiger partial charge in [-0.1, -0.05) is 0 Å². The second-order valence-electron chi connectivity index (χ2n) is 2.80. The molecule has 0 saturated heterocycles. The third kappa shape index (κ3) is 2.85. The van der Waals surface area contributed by atoms with Gasteiger partial charge in [-0.25, -0.2) is 4.39 Å². The summed E-state index contributed by atoms with van der Waals surface area (Å²) < 4.78 is 53.1. The molecule has 3 nitrogen and oxygen atoms in total. The fourth-order valence-electron chi connectivity index (χ4n) is 0.940. The minimum absolute atomic E-state index is 0.194. The Morgan fingerprint density at radius 3 is 2.50 bits per heavy atom. The van der Waals surface area contributed by atoms with E-state index in [1.165, 1.54) is 0 Å². The van der Waals surface area contributed by atoms with Crippen molar-refractivity contribution in [3.63, 3.8) is 0 Å². The summed E-state index contributed by atoms with van der Waals surface area (Å²) in [5, 5.41) is 1.57. The molecule has 0 atom stereocenters. The summed E-state index contributed by atoms with van der Waals surface area (Å²) >= 11 is 0. The van der Waals surface area contributed by atoms with Gasteiger partial charge in [-0.15, -0.1) is 0 Å². The van der Waals surface area contributed by atoms with Gasteiger partial charge in [0.15, 0.2) is 11.6 Å². The number of halogens is 4. The summed E-state index contributed by atoms with van der Waals surface area (Å²) in [6.45, 7) is 0. The Kier molecular flexibility index (Phi) is 3.36. The first kappa shape index (κ1) is 12.3. The molecule has 0 radical (unpaired) electrons. The van der Waals surface area contributed by atoms with Crippen LogP contribution in [-0.2, 0) is 4.79 Å². The predicted octanol–water partition coefficient (Wildman–Crippen LogP) is 2.34. The van der Waals surface area contributed by atoms with Gasteiger partial charge in [0.2, 0.25) is 0 Å². The van der Waals surface area contributed by atoms with Crippen molar-refractivity contribution in [1.82, 2.24) is 0 Å². The van der Waals surface area contributed by atoms with Gasteiger partial charge in [-0.05, 0) is 12.1 Å². The van der Waals surface area contributed by atoms with Crippen molar-refractivity contribution in [2.45, 2.75) is 6.18 Å². The molecule has 1 amide bonds. The molecule has 0 spiro atoms. The van der Waals surface area contributed by atoms with Crippen molar-refractivity contribution in [2.24, 2.45) is 0 Å². The highest BCUT2D eigenvalue weighted by atomic mass is 19.4. The second-order valence-corrected chi connectivity index (χ2v) is 2.80. The van der Waals surface area contributed by atoms with Crippen LogP contribution in [0.4, 0.5) is 23.2 Å². The van der Waals surface area contributed by atoms with Crippen molar-refractivity contribution in [1.29, 1.82) is 0 Å². The number of carbonyl (C=O) groups is 1. The molecule has 0 fully saturated rings. The van der Waals surface area contributed by atoms with E-state index in [0.717, 1.165) is 25.3 Å². The highest BCUT2D eigenvalue weighted by Crippen LogP contribution is 2.23.